The molecule has 4 rings (SSSR count). The highest BCUT2D eigenvalue weighted by Gasteiger charge is 2.39. The molecule has 22 heavy (non-hydrogen) atoms. The first-order valence-electron chi connectivity index (χ1n) is 7.95. The third-order valence-electron chi connectivity index (χ3n) is 5.10. The average molecular weight is 291 g/mol. The first-order valence-corrected chi connectivity index (χ1v) is 7.95. The molecule has 2 nitrogen and oxygen atoms in total. The third kappa shape index (κ3) is 1.94. The summed E-state index contributed by atoms with van der Waals surface area (Å²) in [5.41, 5.74) is 5.27. The van der Waals surface area contributed by atoms with Crippen LogP contribution in [0.15, 0.2) is 54.6 Å². The SMILES string of the molecule is COc1cccc2c1NC(c1ccccc1C)C1CC=CC21. The van der Waals surface area contributed by atoms with Crippen molar-refractivity contribution in [2.24, 2.45) is 5.92 Å². The molecule has 0 amide bonds. The van der Waals surface area contributed by atoms with Gasteiger partial charge in [0.1, 0.15) is 5.75 Å². The van der Waals surface area contributed by atoms with Gasteiger partial charge >= 0.3 is 0 Å². The number of nitrogens with one attached hydrogen (secondary N) is 1. The van der Waals surface area contributed by atoms with Gasteiger partial charge in [-0.25, -0.2) is 0 Å². The molecule has 1 heterocycles. The molecule has 2 heteroatoms. The summed E-state index contributed by atoms with van der Waals surface area (Å²) in [6.45, 7) is 2.20. The fourth-order valence-corrected chi connectivity index (χ4v) is 4.01. The van der Waals surface area contributed by atoms with Crippen molar-refractivity contribution >= 4 is 5.69 Å². The zero-order valence-corrected chi connectivity index (χ0v) is 13.0. The van der Waals surface area contributed by atoms with Crippen LogP contribution >= 0.6 is 0 Å². The number of fused-ring (bicyclic) bond motifs is 3. The van der Waals surface area contributed by atoms with Crippen LogP contribution in [0.3, 0.4) is 0 Å². The van der Waals surface area contributed by atoms with Crippen molar-refractivity contribution in [1.82, 2.24) is 0 Å². The van der Waals surface area contributed by atoms with E-state index in [0.29, 0.717) is 17.9 Å². The van der Waals surface area contributed by atoms with Crippen LogP contribution in [0.2, 0.25) is 0 Å². The van der Waals surface area contributed by atoms with Crippen LogP contribution in [0.25, 0.3) is 0 Å². The fourth-order valence-electron chi connectivity index (χ4n) is 4.01. The van der Waals surface area contributed by atoms with Gasteiger partial charge in [-0.2, -0.15) is 0 Å². The number of benzene rings is 2. The lowest BCUT2D eigenvalue weighted by Crippen LogP contribution is -2.29. The number of rotatable bonds is 2. The number of hydrogen-bond donors (Lipinski definition) is 1. The Morgan fingerprint density at radius 2 is 1.86 bits per heavy atom. The molecule has 3 atom stereocenters. The first kappa shape index (κ1) is 13.4. The van der Waals surface area contributed by atoms with Gasteiger partial charge in [0.25, 0.3) is 0 Å². The van der Waals surface area contributed by atoms with Crippen LogP contribution in [-0.2, 0) is 0 Å². The Labute approximate surface area is 131 Å². The molecule has 0 bridgehead atoms. The van der Waals surface area contributed by atoms with Crippen LogP contribution in [0, 0.1) is 12.8 Å². The molecule has 0 fully saturated rings. The van der Waals surface area contributed by atoms with Crippen molar-refractivity contribution in [3.8, 4) is 5.75 Å². The van der Waals surface area contributed by atoms with E-state index < -0.39 is 0 Å². The highest BCUT2D eigenvalue weighted by Crippen LogP contribution is 2.52. The van der Waals surface area contributed by atoms with E-state index in [0.717, 1.165) is 17.9 Å². The second-order valence-corrected chi connectivity index (χ2v) is 6.26. The van der Waals surface area contributed by atoms with Crippen molar-refractivity contribution in [1.29, 1.82) is 0 Å². The van der Waals surface area contributed by atoms with E-state index in [-0.39, 0.29) is 0 Å². The molecule has 1 N–H and O–H groups in total. The van der Waals surface area contributed by atoms with Gasteiger partial charge in [-0.3, -0.25) is 0 Å². The molecule has 0 saturated heterocycles. The predicted octanol–water partition coefficient (Wildman–Crippen LogP) is 4.83. The molecule has 2 aromatic carbocycles. The van der Waals surface area contributed by atoms with Crippen LogP contribution < -0.4 is 10.1 Å². The van der Waals surface area contributed by atoms with Gasteiger partial charge in [-0.15, -0.1) is 0 Å². The van der Waals surface area contributed by atoms with E-state index in [9.17, 15) is 0 Å². The second-order valence-electron chi connectivity index (χ2n) is 6.26. The van der Waals surface area contributed by atoms with E-state index >= 15 is 0 Å². The Morgan fingerprint density at radius 1 is 1.05 bits per heavy atom. The maximum Gasteiger partial charge on any atom is 0.142 e. The molecular formula is C20H21NO. The summed E-state index contributed by atoms with van der Waals surface area (Å²) in [5, 5.41) is 3.78. The van der Waals surface area contributed by atoms with Gasteiger partial charge in [0.2, 0.25) is 0 Å². The number of para-hydroxylation sites is 1. The van der Waals surface area contributed by atoms with Crippen molar-refractivity contribution in [2.75, 3.05) is 12.4 Å². The molecule has 1 aliphatic heterocycles. The van der Waals surface area contributed by atoms with E-state index in [1.165, 1.54) is 16.7 Å². The Balaban J connectivity index is 1.85. The zero-order chi connectivity index (χ0) is 15.1. The second kappa shape index (κ2) is 5.20. The summed E-state index contributed by atoms with van der Waals surface area (Å²) in [6.07, 6.45) is 5.83. The molecule has 112 valence electrons. The quantitative estimate of drug-likeness (QED) is 0.800. The molecule has 3 unspecified atom stereocenters. The molecule has 1 aliphatic carbocycles. The van der Waals surface area contributed by atoms with Gasteiger partial charge in [-0.05, 0) is 42.0 Å². The standard InChI is InChI=1S/C20H21NO/c1-13-7-3-4-8-14(13)19-16-10-5-9-15(16)17-11-6-12-18(22-2)20(17)21-19/h3-9,11-12,15-16,19,21H,10H2,1-2H3. The summed E-state index contributed by atoms with van der Waals surface area (Å²) in [7, 11) is 1.75. The minimum absolute atomic E-state index is 0.338. The normalized spacial score (nSPS) is 25.3. The third-order valence-corrected chi connectivity index (χ3v) is 5.10. The minimum Gasteiger partial charge on any atom is -0.495 e. The number of aryl methyl sites for hydroxylation is 1. The molecule has 0 radical (unpaired) electrons. The van der Waals surface area contributed by atoms with E-state index in [1.54, 1.807) is 7.11 Å². The van der Waals surface area contributed by atoms with Crippen LogP contribution in [-0.4, -0.2) is 7.11 Å². The summed E-state index contributed by atoms with van der Waals surface area (Å²) < 4.78 is 5.59. The molecule has 0 saturated carbocycles. The highest BCUT2D eigenvalue weighted by molar-refractivity contribution is 5.67. The average Bonchev–Trinajstić information content (AvgIpc) is 3.04. The maximum absolute atomic E-state index is 5.59. The predicted molar refractivity (Wildman–Crippen MR) is 90.5 cm³/mol. The number of anilines is 1. The summed E-state index contributed by atoms with van der Waals surface area (Å²) in [4.78, 5) is 0. The number of allylic oxidation sites excluding steroid dienone is 2. The summed E-state index contributed by atoms with van der Waals surface area (Å²) in [6, 6.07) is 15.4. The number of hydrogen-bond acceptors (Lipinski definition) is 2. The maximum atomic E-state index is 5.59. The van der Waals surface area contributed by atoms with Gasteiger partial charge < -0.3 is 10.1 Å². The zero-order valence-electron chi connectivity index (χ0n) is 13.0. The van der Waals surface area contributed by atoms with Crippen LogP contribution in [0.1, 0.15) is 35.1 Å². The lowest BCUT2D eigenvalue weighted by atomic mass is 9.76. The number of methoxy groups -OCH3 is 1. The van der Waals surface area contributed by atoms with Gasteiger partial charge in [-0.1, -0.05) is 48.6 Å². The number of ether oxygens (including phenoxy) is 1. The molecular weight excluding hydrogens is 270 g/mol. The first-order chi connectivity index (χ1) is 10.8. The Bertz CT molecular complexity index is 734. The van der Waals surface area contributed by atoms with E-state index in [2.05, 4.69) is 60.8 Å². The van der Waals surface area contributed by atoms with Crippen molar-refractivity contribution in [3.05, 3.63) is 71.3 Å². The Morgan fingerprint density at radius 3 is 2.68 bits per heavy atom. The van der Waals surface area contributed by atoms with E-state index in [1.807, 2.05) is 6.07 Å². The highest BCUT2D eigenvalue weighted by atomic mass is 16.5. The van der Waals surface area contributed by atoms with Gasteiger partial charge in [0.15, 0.2) is 0 Å². The van der Waals surface area contributed by atoms with Crippen molar-refractivity contribution in [2.45, 2.75) is 25.3 Å². The lowest BCUT2D eigenvalue weighted by molar-refractivity contribution is 0.397. The monoisotopic (exact) mass is 291 g/mol. The molecule has 0 spiro atoms. The molecule has 2 aromatic rings. The molecule has 0 aromatic heterocycles. The lowest BCUT2D eigenvalue weighted by Gasteiger charge is -2.38. The Hall–Kier alpha value is -2.22. The largest absolute Gasteiger partial charge is 0.495 e. The van der Waals surface area contributed by atoms with Crippen molar-refractivity contribution in [3.63, 3.8) is 0 Å². The topological polar surface area (TPSA) is 21.3 Å². The minimum atomic E-state index is 0.338. The summed E-state index contributed by atoms with van der Waals surface area (Å²) in [5.74, 6) is 2.01. The molecule has 2 aliphatic rings. The fraction of sp³-hybridized carbons (Fsp3) is 0.300. The van der Waals surface area contributed by atoms with Crippen LogP contribution in [0.5, 0.6) is 5.75 Å². The van der Waals surface area contributed by atoms with Crippen molar-refractivity contribution < 1.29 is 4.74 Å². The summed E-state index contributed by atoms with van der Waals surface area (Å²) >= 11 is 0. The van der Waals surface area contributed by atoms with Gasteiger partial charge in [0, 0.05) is 5.92 Å². The van der Waals surface area contributed by atoms with Gasteiger partial charge in [0.05, 0.1) is 18.8 Å². The van der Waals surface area contributed by atoms with Crippen LogP contribution in [0.4, 0.5) is 5.69 Å². The van der Waals surface area contributed by atoms with E-state index in [4.69, 9.17) is 4.74 Å². The Kier molecular flexibility index (Phi) is 3.18. The smallest absolute Gasteiger partial charge is 0.142 e.